The monoisotopic (exact) mass is 394 g/mol. The van der Waals surface area contributed by atoms with E-state index in [1.165, 1.54) is 67.2 Å². The van der Waals surface area contributed by atoms with E-state index < -0.39 is 6.17 Å². The number of rotatable bonds is 10. The topological polar surface area (TPSA) is 0 Å². The quantitative estimate of drug-likeness (QED) is 0.353. The fraction of sp³-hybridized carbons (Fsp3) is 0.571. The molecule has 1 atom stereocenters. The van der Waals surface area contributed by atoms with Crippen molar-refractivity contribution in [3.63, 3.8) is 0 Å². The van der Waals surface area contributed by atoms with Crippen LogP contribution in [0.25, 0.3) is 11.1 Å². The zero-order valence-corrected chi connectivity index (χ0v) is 18.5. The van der Waals surface area contributed by atoms with Crippen LogP contribution in [-0.2, 0) is 6.42 Å². The molecule has 1 heteroatoms. The van der Waals surface area contributed by atoms with E-state index in [4.69, 9.17) is 0 Å². The van der Waals surface area contributed by atoms with Gasteiger partial charge in [0.15, 0.2) is 0 Å². The van der Waals surface area contributed by atoms with Crippen LogP contribution in [0.5, 0.6) is 0 Å². The Morgan fingerprint density at radius 2 is 1.66 bits per heavy atom. The zero-order valence-electron chi connectivity index (χ0n) is 18.5. The molecular formula is C28H39F. The first-order valence-corrected chi connectivity index (χ1v) is 12.0. The Labute approximate surface area is 177 Å². The summed E-state index contributed by atoms with van der Waals surface area (Å²) in [7, 11) is 0. The molecule has 1 unspecified atom stereocenters. The maximum absolute atomic E-state index is 14.9. The molecule has 158 valence electrons. The molecule has 2 aromatic rings. The van der Waals surface area contributed by atoms with E-state index in [0.29, 0.717) is 18.8 Å². The highest BCUT2D eigenvalue weighted by Gasteiger charge is 2.22. The van der Waals surface area contributed by atoms with Gasteiger partial charge in [-0.05, 0) is 66.2 Å². The first-order chi connectivity index (χ1) is 14.2. The van der Waals surface area contributed by atoms with E-state index in [2.05, 4.69) is 62.4 Å². The number of hydrogen-bond donors (Lipinski definition) is 0. The van der Waals surface area contributed by atoms with Crippen molar-refractivity contribution in [2.75, 3.05) is 0 Å². The number of alkyl halides is 1. The standard InChI is InChI=1S/C28H39F/c1-3-5-6-10-13-27(29)21-26-20-25(23-16-14-22(4-2)15-17-23)18-19-28(26)24-11-8-7-9-12-24/h7-9,11-12,18-20,22-23,27H,3-6,10,13-17,21H2,1-2H3. The lowest BCUT2D eigenvalue weighted by atomic mass is 9.77. The van der Waals surface area contributed by atoms with E-state index in [0.717, 1.165) is 18.8 Å². The zero-order chi connectivity index (χ0) is 20.5. The van der Waals surface area contributed by atoms with Crippen LogP contribution in [0.15, 0.2) is 48.5 Å². The van der Waals surface area contributed by atoms with Gasteiger partial charge >= 0.3 is 0 Å². The van der Waals surface area contributed by atoms with Gasteiger partial charge in [0.05, 0.1) is 0 Å². The molecule has 0 radical (unpaired) electrons. The minimum Gasteiger partial charge on any atom is -0.247 e. The predicted molar refractivity (Wildman–Crippen MR) is 124 cm³/mol. The number of hydrogen-bond acceptors (Lipinski definition) is 0. The summed E-state index contributed by atoms with van der Waals surface area (Å²) in [5, 5.41) is 0. The molecule has 0 aliphatic heterocycles. The summed E-state index contributed by atoms with van der Waals surface area (Å²) < 4.78 is 14.9. The third-order valence-corrected chi connectivity index (χ3v) is 6.92. The van der Waals surface area contributed by atoms with Gasteiger partial charge < -0.3 is 0 Å². The molecule has 1 saturated carbocycles. The lowest BCUT2D eigenvalue weighted by Crippen LogP contribution is -2.13. The van der Waals surface area contributed by atoms with Crippen molar-refractivity contribution in [1.82, 2.24) is 0 Å². The normalized spacial score (nSPS) is 20.5. The average Bonchev–Trinajstić information content (AvgIpc) is 2.77. The third-order valence-electron chi connectivity index (χ3n) is 6.92. The van der Waals surface area contributed by atoms with Crippen molar-refractivity contribution >= 4 is 0 Å². The number of halogens is 1. The van der Waals surface area contributed by atoms with Crippen LogP contribution < -0.4 is 0 Å². The second-order valence-corrected chi connectivity index (χ2v) is 9.06. The molecule has 0 bridgehead atoms. The van der Waals surface area contributed by atoms with Crippen molar-refractivity contribution in [3.8, 4) is 11.1 Å². The summed E-state index contributed by atoms with van der Waals surface area (Å²) in [6.07, 6.45) is 11.7. The Morgan fingerprint density at radius 1 is 0.897 bits per heavy atom. The van der Waals surface area contributed by atoms with Gasteiger partial charge in [-0.2, -0.15) is 0 Å². The molecule has 2 aromatic carbocycles. The third kappa shape index (κ3) is 6.43. The van der Waals surface area contributed by atoms with Gasteiger partial charge in [0, 0.05) is 6.42 Å². The second-order valence-electron chi connectivity index (χ2n) is 9.06. The molecule has 0 aromatic heterocycles. The summed E-state index contributed by atoms with van der Waals surface area (Å²) in [6.45, 7) is 4.53. The van der Waals surface area contributed by atoms with Gasteiger partial charge in [0.1, 0.15) is 6.17 Å². The Balaban J connectivity index is 1.76. The molecule has 0 heterocycles. The maximum Gasteiger partial charge on any atom is 0.104 e. The maximum atomic E-state index is 14.9. The Hall–Kier alpha value is -1.63. The summed E-state index contributed by atoms with van der Waals surface area (Å²) >= 11 is 0. The Morgan fingerprint density at radius 3 is 2.34 bits per heavy atom. The highest BCUT2D eigenvalue weighted by Crippen LogP contribution is 2.38. The van der Waals surface area contributed by atoms with Crippen molar-refractivity contribution in [3.05, 3.63) is 59.7 Å². The second kappa shape index (κ2) is 11.5. The highest BCUT2D eigenvalue weighted by atomic mass is 19.1. The molecule has 1 fully saturated rings. The Bertz CT molecular complexity index is 712. The van der Waals surface area contributed by atoms with Gasteiger partial charge in [0.2, 0.25) is 0 Å². The first-order valence-electron chi connectivity index (χ1n) is 12.0. The van der Waals surface area contributed by atoms with Crippen LogP contribution in [0, 0.1) is 5.92 Å². The molecule has 3 rings (SSSR count). The smallest absolute Gasteiger partial charge is 0.104 e. The molecule has 0 nitrogen and oxygen atoms in total. The Kier molecular flexibility index (Phi) is 8.77. The number of benzene rings is 2. The van der Waals surface area contributed by atoms with Crippen LogP contribution in [0.4, 0.5) is 4.39 Å². The minimum absolute atomic E-state index is 0.550. The lowest BCUT2D eigenvalue weighted by molar-refractivity contribution is 0.302. The van der Waals surface area contributed by atoms with E-state index >= 15 is 0 Å². The molecule has 29 heavy (non-hydrogen) atoms. The van der Waals surface area contributed by atoms with Crippen molar-refractivity contribution in [2.45, 2.75) is 96.6 Å². The molecule has 0 spiro atoms. The molecular weight excluding hydrogens is 355 g/mol. The van der Waals surface area contributed by atoms with Gasteiger partial charge in [-0.3, -0.25) is 0 Å². The molecule has 1 aliphatic carbocycles. The van der Waals surface area contributed by atoms with E-state index in [1.54, 1.807) is 0 Å². The largest absolute Gasteiger partial charge is 0.247 e. The summed E-state index contributed by atoms with van der Waals surface area (Å²) in [6, 6.07) is 17.4. The van der Waals surface area contributed by atoms with E-state index in [9.17, 15) is 4.39 Å². The SMILES string of the molecule is CCCCCCC(F)Cc1cc(C2CCC(CC)CC2)ccc1-c1ccccc1. The molecule has 0 amide bonds. The van der Waals surface area contributed by atoms with Crippen LogP contribution in [0.2, 0.25) is 0 Å². The van der Waals surface area contributed by atoms with Gasteiger partial charge in [-0.1, -0.05) is 94.5 Å². The van der Waals surface area contributed by atoms with Gasteiger partial charge in [0.25, 0.3) is 0 Å². The molecule has 0 saturated heterocycles. The van der Waals surface area contributed by atoms with Gasteiger partial charge in [-0.25, -0.2) is 4.39 Å². The fourth-order valence-corrected chi connectivity index (χ4v) is 4.97. The van der Waals surface area contributed by atoms with Crippen LogP contribution >= 0.6 is 0 Å². The summed E-state index contributed by atoms with van der Waals surface area (Å²) in [4.78, 5) is 0. The van der Waals surface area contributed by atoms with Crippen molar-refractivity contribution in [1.29, 1.82) is 0 Å². The number of unbranched alkanes of at least 4 members (excludes halogenated alkanes) is 3. The van der Waals surface area contributed by atoms with Crippen LogP contribution in [0.3, 0.4) is 0 Å². The fourth-order valence-electron chi connectivity index (χ4n) is 4.97. The summed E-state index contributed by atoms with van der Waals surface area (Å²) in [5.74, 6) is 1.57. The van der Waals surface area contributed by atoms with Crippen molar-refractivity contribution in [2.24, 2.45) is 5.92 Å². The van der Waals surface area contributed by atoms with Gasteiger partial charge in [-0.15, -0.1) is 0 Å². The lowest BCUT2D eigenvalue weighted by Gasteiger charge is -2.28. The highest BCUT2D eigenvalue weighted by molar-refractivity contribution is 5.68. The van der Waals surface area contributed by atoms with Crippen LogP contribution in [-0.4, -0.2) is 6.17 Å². The van der Waals surface area contributed by atoms with E-state index in [-0.39, 0.29) is 0 Å². The minimum atomic E-state index is -0.736. The first kappa shape index (κ1) is 22.1. The average molecular weight is 395 g/mol. The molecule has 0 N–H and O–H groups in total. The predicted octanol–water partition coefficient (Wildman–Crippen LogP) is 8.89. The molecule has 1 aliphatic rings. The van der Waals surface area contributed by atoms with E-state index in [1.807, 2.05) is 0 Å². The van der Waals surface area contributed by atoms with Crippen LogP contribution in [0.1, 0.15) is 95.1 Å². The van der Waals surface area contributed by atoms with Crippen molar-refractivity contribution < 1.29 is 4.39 Å². The summed E-state index contributed by atoms with van der Waals surface area (Å²) in [5.41, 5.74) is 5.07.